The Morgan fingerprint density at radius 2 is 2.15 bits per heavy atom. The highest BCUT2D eigenvalue weighted by Gasteiger charge is 2.11. The number of carbonyl (C=O) groups is 1. The predicted octanol–water partition coefficient (Wildman–Crippen LogP) is 2.49. The van der Waals surface area contributed by atoms with E-state index < -0.39 is 5.97 Å². The lowest BCUT2D eigenvalue weighted by Gasteiger charge is -2.16. The maximum atomic E-state index is 10.6. The molecule has 1 aromatic heterocycles. The lowest BCUT2D eigenvalue weighted by atomic mass is 9.94. The molecule has 0 aliphatic carbocycles. The summed E-state index contributed by atoms with van der Waals surface area (Å²) in [6.07, 6.45) is 7.67. The summed E-state index contributed by atoms with van der Waals surface area (Å²) in [5.41, 5.74) is 0. The number of aliphatic carboxylic acids is 1. The molecule has 0 spiro atoms. The topological polar surface area (TPSA) is 79.7 Å². The van der Waals surface area contributed by atoms with Gasteiger partial charge in [-0.15, -0.1) is 0 Å². The Morgan fingerprint density at radius 1 is 1.30 bits per heavy atom. The molecular weight excluding hydrogens is 258 g/mol. The summed E-state index contributed by atoms with van der Waals surface area (Å²) < 4.78 is 5.59. The van der Waals surface area contributed by atoms with Crippen LogP contribution in [0.25, 0.3) is 0 Å². The number of hydrogen-bond acceptors (Lipinski definition) is 4. The minimum Gasteiger partial charge on any atom is -0.492 e. The average molecular weight is 281 g/mol. The fourth-order valence-electron chi connectivity index (χ4n) is 2.08. The van der Waals surface area contributed by atoms with E-state index in [9.17, 15) is 4.79 Å². The average Bonchev–Trinajstić information content (AvgIpc) is 2.45. The lowest BCUT2D eigenvalue weighted by molar-refractivity contribution is -0.137. The second kappa shape index (κ2) is 10.2. The van der Waals surface area contributed by atoms with Gasteiger partial charge in [0.25, 0.3) is 0 Å². The van der Waals surface area contributed by atoms with Crippen molar-refractivity contribution < 1.29 is 19.7 Å². The first kappa shape index (κ1) is 16.4. The molecule has 0 bridgehead atoms. The molecule has 0 amide bonds. The number of aromatic nitrogens is 1. The van der Waals surface area contributed by atoms with Crippen molar-refractivity contribution in [3.8, 4) is 5.75 Å². The van der Waals surface area contributed by atoms with E-state index in [1.165, 1.54) is 0 Å². The number of ether oxygens (including phenoxy) is 1. The number of aliphatic hydroxyl groups excluding tert-OH is 1. The van der Waals surface area contributed by atoms with E-state index in [4.69, 9.17) is 14.9 Å². The van der Waals surface area contributed by atoms with Crippen LogP contribution in [-0.2, 0) is 4.79 Å². The maximum absolute atomic E-state index is 10.6. The van der Waals surface area contributed by atoms with Crippen molar-refractivity contribution in [1.29, 1.82) is 0 Å². The Labute approximate surface area is 119 Å². The molecule has 0 aliphatic heterocycles. The molecule has 1 aromatic rings. The highest BCUT2D eigenvalue weighted by atomic mass is 16.5. The van der Waals surface area contributed by atoms with E-state index in [2.05, 4.69) is 4.98 Å². The lowest BCUT2D eigenvalue weighted by Crippen LogP contribution is -2.10. The highest BCUT2D eigenvalue weighted by molar-refractivity contribution is 5.66. The van der Waals surface area contributed by atoms with Crippen LogP contribution in [0.5, 0.6) is 5.75 Å². The van der Waals surface area contributed by atoms with Gasteiger partial charge in [0, 0.05) is 19.2 Å². The molecule has 1 unspecified atom stereocenters. The van der Waals surface area contributed by atoms with Crippen molar-refractivity contribution in [3.05, 3.63) is 24.5 Å². The molecule has 0 radical (unpaired) electrons. The number of aliphatic hydroxyl groups is 1. The summed E-state index contributed by atoms with van der Waals surface area (Å²) in [5.74, 6) is 0.305. The first-order valence-corrected chi connectivity index (χ1v) is 7.08. The number of unbranched alkanes of at least 4 members (excludes halogenated alkanes) is 1. The van der Waals surface area contributed by atoms with Crippen LogP contribution >= 0.6 is 0 Å². The fraction of sp³-hybridized carbons (Fsp3) is 0.600. The molecule has 2 N–H and O–H groups in total. The van der Waals surface area contributed by atoms with Crippen molar-refractivity contribution in [3.63, 3.8) is 0 Å². The molecule has 112 valence electrons. The van der Waals surface area contributed by atoms with Crippen molar-refractivity contribution in [2.45, 2.75) is 38.5 Å². The van der Waals surface area contributed by atoms with E-state index in [0.29, 0.717) is 18.9 Å². The van der Waals surface area contributed by atoms with Gasteiger partial charge in [-0.2, -0.15) is 0 Å². The highest BCUT2D eigenvalue weighted by Crippen LogP contribution is 2.19. The number of rotatable bonds is 11. The summed E-state index contributed by atoms with van der Waals surface area (Å²) in [7, 11) is 0. The maximum Gasteiger partial charge on any atom is 0.303 e. The van der Waals surface area contributed by atoms with Crippen LogP contribution in [0.1, 0.15) is 38.5 Å². The van der Waals surface area contributed by atoms with Gasteiger partial charge < -0.3 is 14.9 Å². The third-order valence-corrected chi connectivity index (χ3v) is 3.22. The Hall–Kier alpha value is -1.62. The largest absolute Gasteiger partial charge is 0.492 e. The molecule has 0 fully saturated rings. The number of hydrogen-bond donors (Lipinski definition) is 2. The van der Waals surface area contributed by atoms with E-state index in [1.807, 2.05) is 12.1 Å². The third-order valence-electron chi connectivity index (χ3n) is 3.22. The van der Waals surface area contributed by atoms with Gasteiger partial charge in [-0.25, -0.2) is 0 Å². The van der Waals surface area contributed by atoms with Gasteiger partial charge in [-0.3, -0.25) is 9.78 Å². The van der Waals surface area contributed by atoms with Crippen molar-refractivity contribution in [2.75, 3.05) is 13.2 Å². The van der Waals surface area contributed by atoms with Gasteiger partial charge in [-0.1, -0.05) is 12.8 Å². The molecule has 20 heavy (non-hydrogen) atoms. The zero-order chi connectivity index (χ0) is 14.6. The van der Waals surface area contributed by atoms with E-state index >= 15 is 0 Å². The van der Waals surface area contributed by atoms with Gasteiger partial charge in [0.2, 0.25) is 0 Å². The summed E-state index contributed by atoms with van der Waals surface area (Å²) in [6.45, 7) is 0.757. The van der Waals surface area contributed by atoms with Gasteiger partial charge in [-0.05, 0) is 37.3 Å². The zero-order valence-electron chi connectivity index (χ0n) is 11.7. The Kier molecular flexibility index (Phi) is 8.38. The van der Waals surface area contributed by atoms with Gasteiger partial charge in [0.15, 0.2) is 0 Å². The summed E-state index contributed by atoms with van der Waals surface area (Å²) in [6, 6.07) is 3.67. The van der Waals surface area contributed by atoms with Crippen LogP contribution in [0.4, 0.5) is 0 Å². The number of carboxylic acids is 1. The van der Waals surface area contributed by atoms with E-state index in [0.717, 1.165) is 31.4 Å². The van der Waals surface area contributed by atoms with Crippen molar-refractivity contribution in [2.24, 2.45) is 5.92 Å². The number of nitrogens with zero attached hydrogens (tertiary/aromatic N) is 1. The SMILES string of the molecule is O=C(O)CCC(CCCCO)CCOc1cccnc1. The molecular formula is C15H23NO4. The Morgan fingerprint density at radius 3 is 2.80 bits per heavy atom. The fourth-order valence-corrected chi connectivity index (χ4v) is 2.08. The van der Waals surface area contributed by atoms with Gasteiger partial charge in [0.05, 0.1) is 12.8 Å². The summed E-state index contributed by atoms with van der Waals surface area (Å²) in [5, 5.41) is 17.6. The van der Waals surface area contributed by atoms with Crippen LogP contribution in [0.2, 0.25) is 0 Å². The van der Waals surface area contributed by atoms with Crippen molar-refractivity contribution >= 4 is 5.97 Å². The quantitative estimate of drug-likeness (QED) is 0.609. The van der Waals surface area contributed by atoms with Crippen LogP contribution < -0.4 is 4.74 Å². The molecule has 0 saturated carbocycles. The smallest absolute Gasteiger partial charge is 0.303 e. The standard InChI is InChI=1S/C15H23NO4/c17-10-2-1-4-13(6-7-15(18)19)8-11-20-14-5-3-9-16-12-14/h3,5,9,12-13,17H,1-2,4,6-8,10-11H2,(H,18,19). The van der Waals surface area contributed by atoms with Crippen molar-refractivity contribution in [1.82, 2.24) is 4.98 Å². The van der Waals surface area contributed by atoms with Crippen LogP contribution in [0.15, 0.2) is 24.5 Å². The Bertz CT molecular complexity index is 369. The predicted molar refractivity (Wildman–Crippen MR) is 75.6 cm³/mol. The molecule has 1 atom stereocenters. The second-order valence-corrected chi connectivity index (χ2v) is 4.84. The van der Waals surface area contributed by atoms with Crippen LogP contribution in [0, 0.1) is 5.92 Å². The summed E-state index contributed by atoms with van der Waals surface area (Å²) >= 11 is 0. The molecule has 5 nitrogen and oxygen atoms in total. The molecule has 0 aliphatic rings. The molecule has 5 heteroatoms. The first-order valence-electron chi connectivity index (χ1n) is 7.08. The molecule has 1 heterocycles. The molecule has 1 rings (SSSR count). The monoisotopic (exact) mass is 281 g/mol. The first-order chi connectivity index (χ1) is 9.72. The number of pyridine rings is 1. The Balaban J connectivity index is 2.28. The minimum absolute atomic E-state index is 0.191. The zero-order valence-corrected chi connectivity index (χ0v) is 11.7. The van der Waals surface area contributed by atoms with Crippen LogP contribution in [0.3, 0.4) is 0 Å². The molecule has 0 aromatic carbocycles. The third kappa shape index (κ3) is 7.74. The van der Waals surface area contributed by atoms with Gasteiger partial charge in [0.1, 0.15) is 5.75 Å². The second-order valence-electron chi connectivity index (χ2n) is 4.84. The van der Waals surface area contributed by atoms with E-state index in [1.54, 1.807) is 12.4 Å². The number of carboxylic acid groups (broad SMARTS) is 1. The normalized spacial score (nSPS) is 12.1. The van der Waals surface area contributed by atoms with Gasteiger partial charge >= 0.3 is 5.97 Å². The summed E-state index contributed by atoms with van der Waals surface area (Å²) in [4.78, 5) is 14.6. The minimum atomic E-state index is -0.759. The van der Waals surface area contributed by atoms with Crippen LogP contribution in [-0.4, -0.2) is 34.4 Å². The molecule has 0 saturated heterocycles. The van der Waals surface area contributed by atoms with E-state index in [-0.39, 0.29) is 13.0 Å².